The highest BCUT2D eigenvalue weighted by molar-refractivity contribution is 6.24. The Morgan fingerprint density at radius 3 is 2.65 bits per heavy atom. The second-order valence-electron chi connectivity index (χ2n) is 5.04. The van der Waals surface area contributed by atoms with Crippen molar-refractivity contribution in [2.24, 2.45) is 11.1 Å². The quantitative estimate of drug-likeness (QED) is 0.443. The molecule has 1 aliphatic carbocycles. The Morgan fingerprint density at radius 1 is 1.59 bits per heavy atom. The van der Waals surface area contributed by atoms with Crippen molar-refractivity contribution in [3.05, 3.63) is 11.8 Å². The molecule has 0 aromatic heterocycles. The maximum absolute atomic E-state index is 9.96. The number of hydrogen-bond donors (Lipinski definition) is 4. The predicted molar refractivity (Wildman–Crippen MR) is 66.7 cm³/mol. The van der Waals surface area contributed by atoms with E-state index in [2.05, 4.69) is 5.32 Å². The second kappa shape index (κ2) is 4.74. The summed E-state index contributed by atoms with van der Waals surface area (Å²) >= 11 is 6.41. The van der Waals surface area contributed by atoms with E-state index in [-0.39, 0.29) is 18.9 Å². The Hall–Kier alpha value is -0.330. The molecule has 17 heavy (non-hydrogen) atoms. The van der Waals surface area contributed by atoms with Crippen molar-refractivity contribution in [2.75, 3.05) is 20.3 Å². The summed E-state index contributed by atoms with van der Waals surface area (Å²) in [6.07, 6.45) is 1.82. The van der Waals surface area contributed by atoms with Crippen LogP contribution in [0.25, 0.3) is 0 Å². The maximum atomic E-state index is 9.96. The van der Waals surface area contributed by atoms with Crippen molar-refractivity contribution >= 4 is 11.6 Å². The minimum Gasteiger partial charge on any atom is -0.512 e. The summed E-state index contributed by atoms with van der Waals surface area (Å²) in [7, 11) is 1.47. The molecule has 2 unspecified atom stereocenters. The number of ether oxygens (including phenoxy) is 1. The van der Waals surface area contributed by atoms with Crippen LogP contribution in [0.5, 0.6) is 0 Å². The van der Waals surface area contributed by atoms with Crippen LogP contribution in [0.1, 0.15) is 20.3 Å². The van der Waals surface area contributed by atoms with Crippen LogP contribution in [-0.2, 0) is 4.74 Å². The summed E-state index contributed by atoms with van der Waals surface area (Å²) in [6.45, 7) is 3.91. The Morgan fingerprint density at radius 2 is 2.18 bits per heavy atom. The van der Waals surface area contributed by atoms with E-state index in [1.54, 1.807) is 0 Å². The molecule has 0 amide bonds. The molecule has 5 nitrogen and oxygen atoms in total. The van der Waals surface area contributed by atoms with Crippen LogP contribution in [0.2, 0.25) is 0 Å². The van der Waals surface area contributed by atoms with Crippen molar-refractivity contribution in [3.63, 3.8) is 0 Å². The fourth-order valence-corrected chi connectivity index (χ4v) is 2.47. The van der Waals surface area contributed by atoms with Crippen LogP contribution in [0.4, 0.5) is 0 Å². The number of nitrogens with one attached hydrogen (secondary N) is 1. The summed E-state index contributed by atoms with van der Waals surface area (Å²) in [5.74, 6) is 0.166. The third-order valence-corrected chi connectivity index (χ3v) is 3.80. The van der Waals surface area contributed by atoms with Gasteiger partial charge in [-0.15, -0.1) is 0 Å². The third-order valence-electron chi connectivity index (χ3n) is 3.20. The van der Waals surface area contributed by atoms with E-state index in [1.165, 1.54) is 13.2 Å². The lowest BCUT2D eigenvalue weighted by atomic mass is 9.74. The summed E-state index contributed by atoms with van der Waals surface area (Å²) in [5, 5.41) is 20.5. The smallest absolute Gasteiger partial charge is 0.176 e. The van der Waals surface area contributed by atoms with Gasteiger partial charge in [0.15, 0.2) is 5.06 Å². The highest BCUT2D eigenvalue weighted by Crippen LogP contribution is 2.47. The van der Waals surface area contributed by atoms with Crippen molar-refractivity contribution in [1.29, 1.82) is 0 Å². The average Bonchev–Trinajstić information content (AvgIpc) is 2.23. The van der Waals surface area contributed by atoms with Crippen molar-refractivity contribution < 1.29 is 14.9 Å². The first-order valence-corrected chi connectivity index (χ1v) is 5.90. The van der Waals surface area contributed by atoms with Gasteiger partial charge in [-0.25, -0.2) is 0 Å². The lowest BCUT2D eigenvalue weighted by molar-refractivity contribution is -0.0431. The molecule has 1 aliphatic rings. The fourth-order valence-electron chi connectivity index (χ4n) is 2.01. The molecule has 0 aliphatic heterocycles. The largest absolute Gasteiger partial charge is 0.512 e. The highest BCUT2D eigenvalue weighted by atomic mass is 35.5. The van der Waals surface area contributed by atoms with Crippen LogP contribution in [0, 0.1) is 5.41 Å². The van der Waals surface area contributed by atoms with Gasteiger partial charge >= 0.3 is 0 Å². The number of halogens is 1. The van der Waals surface area contributed by atoms with Gasteiger partial charge < -0.3 is 20.7 Å². The predicted octanol–water partition coefficient (Wildman–Crippen LogP) is 0.677. The number of aliphatic hydroxyl groups is 2. The Balaban J connectivity index is 3.12. The highest BCUT2D eigenvalue weighted by Gasteiger charge is 2.54. The Bertz CT molecular complexity index is 322. The molecule has 6 heteroatoms. The zero-order valence-corrected chi connectivity index (χ0v) is 11.2. The molecule has 0 bridgehead atoms. The first-order chi connectivity index (χ1) is 7.71. The first-order valence-electron chi connectivity index (χ1n) is 5.52. The molecule has 0 heterocycles. The molecule has 5 N–H and O–H groups in total. The molecule has 100 valence electrons. The molecule has 0 saturated heterocycles. The van der Waals surface area contributed by atoms with Crippen LogP contribution in [0.15, 0.2) is 11.8 Å². The summed E-state index contributed by atoms with van der Waals surface area (Å²) in [4.78, 5) is 0. The molecule has 0 aromatic carbocycles. The Kier molecular flexibility index (Phi) is 4.11. The number of rotatable bonds is 4. The van der Waals surface area contributed by atoms with Gasteiger partial charge in [-0.2, -0.15) is 0 Å². The number of aliphatic hydroxyl groups excluding tert-OH is 2. The van der Waals surface area contributed by atoms with Gasteiger partial charge in [0.05, 0.1) is 12.4 Å². The van der Waals surface area contributed by atoms with E-state index in [9.17, 15) is 5.11 Å². The lowest BCUT2D eigenvalue weighted by Crippen LogP contribution is -2.69. The van der Waals surface area contributed by atoms with Gasteiger partial charge in [0.25, 0.3) is 0 Å². The summed E-state index contributed by atoms with van der Waals surface area (Å²) in [5.41, 5.74) is 4.42. The minimum absolute atomic E-state index is 0.0758. The standard InChI is InChI=1S/C11H21ClN2O3/c1-9(2)7-10(12,17-3)11(13,6-8(9)16)14-4-5-15/h6,14-16H,4-5,7,13H2,1-3H3. The SMILES string of the molecule is COC1(Cl)CC(C)(C)C(O)=CC1(N)NCCO. The normalized spacial score (nSPS) is 36.7. The first kappa shape index (κ1) is 14.7. The zero-order chi connectivity index (χ0) is 13.3. The fraction of sp³-hybridized carbons (Fsp3) is 0.818. The zero-order valence-electron chi connectivity index (χ0n) is 10.5. The van der Waals surface area contributed by atoms with E-state index < -0.39 is 16.1 Å². The van der Waals surface area contributed by atoms with E-state index in [0.717, 1.165) is 0 Å². The molecular formula is C11H21ClN2O3. The molecule has 0 spiro atoms. The number of allylic oxidation sites excluding steroid dienone is 1. The Labute approximate surface area is 107 Å². The van der Waals surface area contributed by atoms with E-state index in [0.29, 0.717) is 6.42 Å². The van der Waals surface area contributed by atoms with Gasteiger partial charge in [0.1, 0.15) is 5.66 Å². The van der Waals surface area contributed by atoms with Gasteiger partial charge in [-0.1, -0.05) is 25.4 Å². The van der Waals surface area contributed by atoms with Crippen molar-refractivity contribution in [1.82, 2.24) is 5.32 Å². The minimum atomic E-state index is -1.22. The number of methoxy groups -OCH3 is 1. The van der Waals surface area contributed by atoms with Gasteiger partial charge in [-0.05, 0) is 6.08 Å². The molecule has 0 aromatic rings. The average molecular weight is 265 g/mol. The molecule has 0 radical (unpaired) electrons. The monoisotopic (exact) mass is 264 g/mol. The van der Waals surface area contributed by atoms with Gasteiger partial charge in [0.2, 0.25) is 0 Å². The summed E-state index contributed by atoms with van der Waals surface area (Å²) < 4.78 is 5.32. The number of nitrogens with two attached hydrogens (primary N) is 1. The molecule has 1 rings (SSSR count). The van der Waals surface area contributed by atoms with Crippen molar-refractivity contribution in [2.45, 2.75) is 31.0 Å². The van der Waals surface area contributed by atoms with Crippen LogP contribution in [-0.4, -0.2) is 41.2 Å². The second-order valence-corrected chi connectivity index (χ2v) is 5.65. The van der Waals surface area contributed by atoms with E-state index in [1.807, 2.05) is 13.8 Å². The third kappa shape index (κ3) is 2.58. The van der Waals surface area contributed by atoms with Crippen molar-refractivity contribution in [3.8, 4) is 0 Å². The molecule has 0 fully saturated rings. The molecule has 0 saturated carbocycles. The van der Waals surface area contributed by atoms with Crippen LogP contribution in [0.3, 0.4) is 0 Å². The van der Waals surface area contributed by atoms with Gasteiger partial charge in [0, 0.05) is 25.5 Å². The van der Waals surface area contributed by atoms with Gasteiger partial charge in [-0.3, -0.25) is 5.32 Å². The molecule has 2 atom stereocenters. The van der Waals surface area contributed by atoms with Crippen LogP contribution < -0.4 is 11.1 Å². The molecular weight excluding hydrogens is 244 g/mol. The van der Waals surface area contributed by atoms with E-state index >= 15 is 0 Å². The van der Waals surface area contributed by atoms with E-state index in [4.69, 9.17) is 27.2 Å². The lowest BCUT2D eigenvalue weighted by Gasteiger charge is -2.49. The maximum Gasteiger partial charge on any atom is 0.176 e. The topological polar surface area (TPSA) is 87.7 Å². The summed E-state index contributed by atoms with van der Waals surface area (Å²) in [6, 6.07) is 0. The number of hydrogen-bond acceptors (Lipinski definition) is 5. The number of alkyl halides is 1. The van der Waals surface area contributed by atoms with Crippen LogP contribution >= 0.6 is 11.6 Å².